The van der Waals surface area contributed by atoms with Crippen LogP contribution in [0.5, 0.6) is 0 Å². The Kier molecular flexibility index (Phi) is 5.18. The Morgan fingerprint density at radius 3 is 2.94 bits per heavy atom. The van der Waals surface area contributed by atoms with E-state index in [0.29, 0.717) is 17.3 Å². The third-order valence-corrected chi connectivity index (χ3v) is 2.50. The van der Waals surface area contributed by atoms with Crippen LogP contribution in [0.15, 0.2) is 24.3 Å². The maximum absolute atomic E-state index is 11.6. The van der Waals surface area contributed by atoms with Gasteiger partial charge in [0.05, 0.1) is 18.2 Å². The normalized spacial score (nSPS) is 11.6. The minimum absolute atomic E-state index is 0.0969. The molecule has 0 spiro atoms. The summed E-state index contributed by atoms with van der Waals surface area (Å²) in [5, 5.41) is 14.6. The van der Waals surface area contributed by atoms with Gasteiger partial charge in [-0.15, -0.1) is 0 Å². The second-order valence-corrected chi connectivity index (χ2v) is 3.93. The van der Waals surface area contributed by atoms with Crippen LogP contribution in [-0.2, 0) is 4.79 Å². The molecule has 0 radical (unpaired) electrons. The van der Waals surface area contributed by atoms with E-state index >= 15 is 0 Å². The van der Waals surface area contributed by atoms with Gasteiger partial charge in [-0.3, -0.25) is 4.79 Å². The van der Waals surface area contributed by atoms with E-state index in [1.165, 1.54) is 0 Å². The molecule has 0 saturated heterocycles. The van der Waals surface area contributed by atoms with Gasteiger partial charge in [-0.25, -0.2) is 0 Å². The summed E-state index contributed by atoms with van der Waals surface area (Å²) >= 11 is 0. The molecule has 1 atom stereocenters. The maximum Gasteiger partial charge on any atom is 0.238 e. The van der Waals surface area contributed by atoms with Crippen LogP contribution in [0.3, 0.4) is 0 Å². The third kappa shape index (κ3) is 4.66. The molecule has 0 fully saturated rings. The molecule has 0 aliphatic rings. The van der Waals surface area contributed by atoms with Crippen molar-refractivity contribution in [2.24, 2.45) is 0 Å². The van der Waals surface area contributed by atoms with Crippen molar-refractivity contribution < 1.29 is 4.79 Å². The molecule has 0 saturated carbocycles. The van der Waals surface area contributed by atoms with Gasteiger partial charge in [0.2, 0.25) is 5.91 Å². The van der Waals surface area contributed by atoms with Crippen molar-refractivity contribution in [3.8, 4) is 6.07 Å². The summed E-state index contributed by atoms with van der Waals surface area (Å²) in [6.45, 7) is 4.38. The number of nitrogens with one attached hydrogen (secondary N) is 2. The van der Waals surface area contributed by atoms with E-state index < -0.39 is 0 Å². The highest BCUT2D eigenvalue weighted by Crippen LogP contribution is 2.09. The number of benzene rings is 1. The van der Waals surface area contributed by atoms with Gasteiger partial charge < -0.3 is 10.6 Å². The van der Waals surface area contributed by atoms with Crippen LogP contribution >= 0.6 is 0 Å². The number of hydrogen-bond donors (Lipinski definition) is 2. The number of carbonyl (C=O) groups excluding carboxylic acids is 1. The van der Waals surface area contributed by atoms with E-state index in [4.69, 9.17) is 5.26 Å². The lowest BCUT2D eigenvalue weighted by Gasteiger charge is -2.11. The monoisotopic (exact) mass is 231 g/mol. The maximum atomic E-state index is 11.6. The summed E-state index contributed by atoms with van der Waals surface area (Å²) in [5.41, 5.74) is 1.19. The average molecular weight is 231 g/mol. The zero-order valence-electron chi connectivity index (χ0n) is 10.2. The van der Waals surface area contributed by atoms with Crippen LogP contribution in [0, 0.1) is 11.3 Å². The Labute approximate surface area is 102 Å². The van der Waals surface area contributed by atoms with Crippen LogP contribution in [0.4, 0.5) is 5.69 Å². The summed E-state index contributed by atoms with van der Waals surface area (Å²) in [7, 11) is 0. The quantitative estimate of drug-likeness (QED) is 0.813. The summed E-state index contributed by atoms with van der Waals surface area (Å²) in [6, 6.07) is 9.23. The lowest BCUT2D eigenvalue weighted by molar-refractivity contribution is -0.115. The van der Waals surface area contributed by atoms with Gasteiger partial charge in [-0.2, -0.15) is 5.26 Å². The number of nitrogens with zero attached hydrogens (tertiary/aromatic N) is 1. The molecule has 0 bridgehead atoms. The molecule has 0 aromatic heterocycles. The molecule has 90 valence electrons. The van der Waals surface area contributed by atoms with E-state index in [9.17, 15) is 4.79 Å². The van der Waals surface area contributed by atoms with Crippen molar-refractivity contribution in [2.45, 2.75) is 26.3 Å². The van der Waals surface area contributed by atoms with Crippen molar-refractivity contribution in [3.05, 3.63) is 29.8 Å². The zero-order valence-corrected chi connectivity index (χ0v) is 10.2. The van der Waals surface area contributed by atoms with E-state index in [2.05, 4.69) is 17.6 Å². The number of hydrogen-bond acceptors (Lipinski definition) is 3. The second kappa shape index (κ2) is 6.66. The molecule has 0 heterocycles. The zero-order chi connectivity index (χ0) is 12.7. The third-order valence-electron chi connectivity index (χ3n) is 2.50. The standard InChI is InChI=1S/C13H17N3O/c1-3-10(2)15-9-13(17)16-12-6-4-5-11(7-12)8-14/h4-7,10,15H,3,9H2,1-2H3,(H,16,17). The van der Waals surface area contributed by atoms with Crippen molar-refractivity contribution in [3.63, 3.8) is 0 Å². The molecule has 4 heteroatoms. The lowest BCUT2D eigenvalue weighted by atomic mass is 10.2. The molecule has 1 unspecified atom stereocenters. The highest BCUT2D eigenvalue weighted by molar-refractivity contribution is 5.92. The molecule has 17 heavy (non-hydrogen) atoms. The van der Waals surface area contributed by atoms with Crippen LogP contribution in [0.25, 0.3) is 0 Å². The molecular weight excluding hydrogens is 214 g/mol. The highest BCUT2D eigenvalue weighted by Gasteiger charge is 2.04. The van der Waals surface area contributed by atoms with Gasteiger partial charge in [0, 0.05) is 11.7 Å². The van der Waals surface area contributed by atoms with E-state index in [-0.39, 0.29) is 12.5 Å². The Morgan fingerprint density at radius 1 is 1.53 bits per heavy atom. The molecule has 0 aliphatic heterocycles. The van der Waals surface area contributed by atoms with Crippen molar-refractivity contribution >= 4 is 11.6 Å². The van der Waals surface area contributed by atoms with E-state index in [1.54, 1.807) is 24.3 Å². The molecule has 1 rings (SSSR count). The molecule has 1 aromatic rings. The minimum Gasteiger partial charge on any atom is -0.325 e. The summed E-state index contributed by atoms with van der Waals surface area (Å²) < 4.78 is 0. The van der Waals surface area contributed by atoms with Crippen LogP contribution in [0.2, 0.25) is 0 Å². The highest BCUT2D eigenvalue weighted by atomic mass is 16.1. The number of nitriles is 1. The topological polar surface area (TPSA) is 64.9 Å². The predicted molar refractivity (Wildman–Crippen MR) is 67.5 cm³/mol. The summed E-state index contributed by atoms with van der Waals surface area (Å²) in [5.74, 6) is -0.0969. The largest absolute Gasteiger partial charge is 0.325 e. The summed E-state index contributed by atoms with van der Waals surface area (Å²) in [6.07, 6.45) is 0.983. The smallest absolute Gasteiger partial charge is 0.238 e. The number of amides is 1. The van der Waals surface area contributed by atoms with Crippen LogP contribution in [0.1, 0.15) is 25.8 Å². The number of carbonyl (C=O) groups is 1. The van der Waals surface area contributed by atoms with Crippen molar-refractivity contribution in [1.29, 1.82) is 5.26 Å². The first-order chi connectivity index (χ1) is 8.15. The van der Waals surface area contributed by atoms with Crippen molar-refractivity contribution in [1.82, 2.24) is 5.32 Å². The van der Waals surface area contributed by atoms with Gasteiger partial charge in [-0.05, 0) is 31.5 Å². The van der Waals surface area contributed by atoms with Gasteiger partial charge in [0.1, 0.15) is 0 Å². The van der Waals surface area contributed by atoms with Crippen LogP contribution in [-0.4, -0.2) is 18.5 Å². The lowest BCUT2D eigenvalue weighted by Crippen LogP contribution is -2.33. The minimum atomic E-state index is -0.0969. The second-order valence-electron chi connectivity index (χ2n) is 3.93. The average Bonchev–Trinajstić information content (AvgIpc) is 2.36. The molecule has 1 aromatic carbocycles. The number of rotatable bonds is 5. The molecule has 1 amide bonds. The molecular formula is C13H17N3O. The fraction of sp³-hybridized carbons (Fsp3) is 0.385. The number of anilines is 1. The van der Waals surface area contributed by atoms with Gasteiger partial charge in [0.15, 0.2) is 0 Å². The first kappa shape index (κ1) is 13.2. The molecule has 4 nitrogen and oxygen atoms in total. The van der Waals surface area contributed by atoms with E-state index in [0.717, 1.165) is 6.42 Å². The molecule has 0 aliphatic carbocycles. The predicted octanol–water partition coefficient (Wildman–Crippen LogP) is 1.88. The SMILES string of the molecule is CCC(C)NCC(=O)Nc1cccc(C#N)c1. The Bertz CT molecular complexity index is 423. The van der Waals surface area contributed by atoms with Crippen LogP contribution < -0.4 is 10.6 Å². The van der Waals surface area contributed by atoms with Gasteiger partial charge in [0.25, 0.3) is 0 Å². The first-order valence-electron chi connectivity index (χ1n) is 5.69. The fourth-order valence-corrected chi connectivity index (χ4v) is 1.28. The summed E-state index contributed by atoms with van der Waals surface area (Å²) in [4.78, 5) is 11.6. The van der Waals surface area contributed by atoms with Crippen molar-refractivity contribution in [2.75, 3.05) is 11.9 Å². The Morgan fingerprint density at radius 2 is 2.29 bits per heavy atom. The molecule has 2 N–H and O–H groups in total. The van der Waals surface area contributed by atoms with Gasteiger partial charge >= 0.3 is 0 Å². The fourth-order valence-electron chi connectivity index (χ4n) is 1.28. The van der Waals surface area contributed by atoms with Gasteiger partial charge in [-0.1, -0.05) is 13.0 Å². The van der Waals surface area contributed by atoms with E-state index in [1.807, 2.05) is 13.0 Å². The first-order valence-corrected chi connectivity index (χ1v) is 5.69. The Balaban J connectivity index is 2.48. The Hall–Kier alpha value is -1.86.